The highest BCUT2D eigenvalue weighted by Crippen LogP contribution is 2.14. The molecule has 0 aromatic heterocycles. The first kappa shape index (κ1) is 13.1. The Bertz CT molecular complexity index is 380. The molecule has 2 atom stereocenters. The molecule has 1 aliphatic rings. The third-order valence-electron chi connectivity index (χ3n) is 2.99. The molecule has 1 aromatic rings. The van der Waals surface area contributed by atoms with Crippen molar-refractivity contribution in [3.63, 3.8) is 0 Å². The van der Waals surface area contributed by atoms with E-state index in [-0.39, 0.29) is 18.1 Å². The number of carbonyl (C=O) groups is 1. The lowest BCUT2D eigenvalue weighted by Gasteiger charge is -2.11. The van der Waals surface area contributed by atoms with Crippen LogP contribution in [0.15, 0.2) is 30.3 Å². The zero-order valence-corrected chi connectivity index (χ0v) is 10.6. The van der Waals surface area contributed by atoms with E-state index in [1.165, 1.54) is 0 Å². The van der Waals surface area contributed by atoms with E-state index in [4.69, 9.17) is 9.47 Å². The van der Waals surface area contributed by atoms with Gasteiger partial charge in [0.1, 0.15) is 6.04 Å². The number of ether oxygens (including phenoxy) is 2. The van der Waals surface area contributed by atoms with Crippen LogP contribution in [0.3, 0.4) is 0 Å². The molecule has 1 saturated heterocycles. The zero-order valence-electron chi connectivity index (χ0n) is 10.6. The Morgan fingerprint density at radius 3 is 2.89 bits per heavy atom. The summed E-state index contributed by atoms with van der Waals surface area (Å²) in [4.78, 5) is 11.5. The van der Waals surface area contributed by atoms with Gasteiger partial charge < -0.3 is 14.8 Å². The van der Waals surface area contributed by atoms with E-state index in [1.807, 2.05) is 37.3 Å². The predicted molar refractivity (Wildman–Crippen MR) is 68.1 cm³/mol. The van der Waals surface area contributed by atoms with E-state index in [1.54, 1.807) is 0 Å². The van der Waals surface area contributed by atoms with Crippen molar-refractivity contribution in [2.75, 3.05) is 13.2 Å². The Balaban J connectivity index is 1.74. The number of carbonyl (C=O) groups excluding carboxylic acids is 1. The van der Waals surface area contributed by atoms with Gasteiger partial charge in [0.15, 0.2) is 0 Å². The van der Waals surface area contributed by atoms with Gasteiger partial charge in [-0.2, -0.15) is 0 Å². The van der Waals surface area contributed by atoms with E-state index < -0.39 is 0 Å². The zero-order chi connectivity index (χ0) is 12.8. The van der Waals surface area contributed by atoms with Gasteiger partial charge in [-0.25, -0.2) is 0 Å². The van der Waals surface area contributed by atoms with Crippen LogP contribution in [0.4, 0.5) is 0 Å². The fourth-order valence-electron chi connectivity index (χ4n) is 2.04. The Morgan fingerprint density at radius 1 is 1.39 bits per heavy atom. The average molecular weight is 249 g/mol. The number of nitrogens with one attached hydrogen (secondary N) is 1. The van der Waals surface area contributed by atoms with Crippen molar-refractivity contribution < 1.29 is 14.3 Å². The van der Waals surface area contributed by atoms with Crippen molar-refractivity contribution in [1.82, 2.24) is 5.32 Å². The monoisotopic (exact) mass is 249 g/mol. The second-order valence-electron chi connectivity index (χ2n) is 4.37. The first-order valence-corrected chi connectivity index (χ1v) is 6.35. The van der Waals surface area contributed by atoms with Crippen LogP contribution in [-0.4, -0.2) is 31.3 Å². The first-order chi connectivity index (χ1) is 8.79. The number of benzene rings is 1. The van der Waals surface area contributed by atoms with Crippen LogP contribution in [0.1, 0.15) is 18.9 Å². The fraction of sp³-hybridized carbons (Fsp3) is 0.500. The van der Waals surface area contributed by atoms with Gasteiger partial charge >= 0.3 is 5.97 Å². The SMILES string of the molecule is CCOC(=O)C1CC(OCc2ccccc2)CN1. The minimum absolute atomic E-state index is 0.0830. The summed E-state index contributed by atoms with van der Waals surface area (Å²) in [7, 11) is 0. The van der Waals surface area contributed by atoms with Crippen molar-refractivity contribution in [1.29, 1.82) is 0 Å². The molecule has 18 heavy (non-hydrogen) atoms. The Morgan fingerprint density at radius 2 is 2.17 bits per heavy atom. The van der Waals surface area contributed by atoms with Crippen molar-refractivity contribution in [2.24, 2.45) is 0 Å². The van der Waals surface area contributed by atoms with Gasteiger partial charge in [0, 0.05) is 13.0 Å². The number of hydrogen-bond acceptors (Lipinski definition) is 4. The molecular weight excluding hydrogens is 230 g/mol. The topological polar surface area (TPSA) is 47.6 Å². The van der Waals surface area contributed by atoms with Crippen molar-refractivity contribution in [3.8, 4) is 0 Å². The summed E-state index contributed by atoms with van der Waals surface area (Å²) in [6, 6.07) is 9.82. The molecule has 0 radical (unpaired) electrons. The smallest absolute Gasteiger partial charge is 0.323 e. The van der Waals surface area contributed by atoms with Crippen LogP contribution in [0.2, 0.25) is 0 Å². The van der Waals surface area contributed by atoms with Crippen LogP contribution < -0.4 is 5.32 Å². The summed E-state index contributed by atoms with van der Waals surface area (Å²) in [6.45, 7) is 3.53. The van der Waals surface area contributed by atoms with Crippen LogP contribution >= 0.6 is 0 Å². The average Bonchev–Trinajstić information content (AvgIpc) is 2.87. The summed E-state index contributed by atoms with van der Waals surface area (Å²) in [5.74, 6) is -0.177. The van der Waals surface area contributed by atoms with E-state index >= 15 is 0 Å². The predicted octanol–water partition coefficient (Wildman–Crippen LogP) is 1.50. The van der Waals surface area contributed by atoms with Gasteiger partial charge in [0.2, 0.25) is 0 Å². The van der Waals surface area contributed by atoms with Crippen LogP contribution in [-0.2, 0) is 20.9 Å². The highest BCUT2D eigenvalue weighted by molar-refractivity contribution is 5.76. The molecule has 1 fully saturated rings. The molecule has 0 bridgehead atoms. The maximum atomic E-state index is 11.5. The molecule has 2 unspecified atom stereocenters. The molecule has 4 nitrogen and oxygen atoms in total. The summed E-state index contributed by atoms with van der Waals surface area (Å²) in [5, 5.41) is 3.13. The molecule has 1 N–H and O–H groups in total. The maximum absolute atomic E-state index is 11.5. The summed E-state index contributed by atoms with van der Waals surface area (Å²) < 4.78 is 10.8. The lowest BCUT2D eigenvalue weighted by Crippen LogP contribution is -2.32. The Hall–Kier alpha value is -1.39. The highest BCUT2D eigenvalue weighted by atomic mass is 16.5. The summed E-state index contributed by atoms with van der Waals surface area (Å²) in [5.41, 5.74) is 1.15. The standard InChI is InChI=1S/C14H19NO3/c1-2-17-14(16)13-8-12(9-15-13)18-10-11-6-4-3-5-7-11/h3-7,12-13,15H,2,8-10H2,1H3. The molecule has 0 saturated carbocycles. The van der Waals surface area contributed by atoms with E-state index in [0.717, 1.165) is 5.56 Å². The molecule has 1 aromatic carbocycles. The summed E-state index contributed by atoms with van der Waals surface area (Å²) >= 11 is 0. The van der Waals surface area contributed by atoms with Gasteiger partial charge in [-0.1, -0.05) is 30.3 Å². The molecule has 1 aliphatic heterocycles. The lowest BCUT2D eigenvalue weighted by molar-refractivity contribution is -0.145. The van der Waals surface area contributed by atoms with E-state index in [0.29, 0.717) is 26.2 Å². The fourth-order valence-corrected chi connectivity index (χ4v) is 2.04. The number of esters is 1. The Kier molecular flexibility index (Phi) is 4.73. The van der Waals surface area contributed by atoms with Gasteiger partial charge in [0.25, 0.3) is 0 Å². The maximum Gasteiger partial charge on any atom is 0.323 e. The number of rotatable bonds is 5. The molecule has 0 aliphatic carbocycles. The molecule has 4 heteroatoms. The quantitative estimate of drug-likeness (QED) is 0.803. The normalized spacial score (nSPS) is 22.9. The highest BCUT2D eigenvalue weighted by Gasteiger charge is 2.30. The Labute approximate surface area is 107 Å². The van der Waals surface area contributed by atoms with Crippen LogP contribution in [0, 0.1) is 0 Å². The van der Waals surface area contributed by atoms with E-state index in [2.05, 4.69) is 5.32 Å². The molecular formula is C14H19NO3. The second-order valence-corrected chi connectivity index (χ2v) is 4.37. The third kappa shape index (κ3) is 3.55. The molecule has 0 spiro atoms. The molecule has 0 amide bonds. The van der Waals surface area contributed by atoms with Crippen molar-refractivity contribution in [2.45, 2.75) is 32.1 Å². The van der Waals surface area contributed by atoms with Gasteiger partial charge in [0.05, 0.1) is 19.3 Å². The van der Waals surface area contributed by atoms with Crippen molar-refractivity contribution >= 4 is 5.97 Å². The van der Waals surface area contributed by atoms with Crippen LogP contribution in [0.5, 0.6) is 0 Å². The first-order valence-electron chi connectivity index (χ1n) is 6.35. The molecule has 2 rings (SSSR count). The van der Waals surface area contributed by atoms with Crippen LogP contribution in [0.25, 0.3) is 0 Å². The van der Waals surface area contributed by atoms with E-state index in [9.17, 15) is 4.79 Å². The van der Waals surface area contributed by atoms with Gasteiger partial charge in [-0.15, -0.1) is 0 Å². The summed E-state index contributed by atoms with van der Waals surface area (Å²) in [6.07, 6.45) is 0.769. The molecule has 98 valence electrons. The van der Waals surface area contributed by atoms with Crippen molar-refractivity contribution in [3.05, 3.63) is 35.9 Å². The van der Waals surface area contributed by atoms with Gasteiger partial charge in [-0.3, -0.25) is 4.79 Å². The number of hydrogen-bond donors (Lipinski definition) is 1. The minimum atomic E-state index is -0.217. The third-order valence-corrected chi connectivity index (χ3v) is 2.99. The lowest BCUT2D eigenvalue weighted by atomic mass is 10.2. The molecule has 1 heterocycles. The largest absolute Gasteiger partial charge is 0.465 e. The minimum Gasteiger partial charge on any atom is -0.465 e. The second kappa shape index (κ2) is 6.52. The van der Waals surface area contributed by atoms with Gasteiger partial charge in [-0.05, 0) is 12.5 Å².